The molecule has 20 heavy (non-hydrogen) atoms. The van der Waals surface area contributed by atoms with Crippen molar-refractivity contribution in [1.82, 2.24) is 10.2 Å². The van der Waals surface area contributed by atoms with Gasteiger partial charge in [-0.3, -0.25) is 9.69 Å². The molecule has 0 unspecified atom stereocenters. The smallest absolute Gasteiger partial charge is 0.238 e. The SMILES string of the molecule is Cc1cc(I)ccc1NC(=O)CN1CCNC[C@H]1C.Cl. The first kappa shape index (κ1) is 17.7. The fraction of sp³-hybridized carbons (Fsp3) is 0.500. The quantitative estimate of drug-likeness (QED) is 0.753. The zero-order chi connectivity index (χ0) is 13.8. The second kappa shape index (κ2) is 8.17. The Morgan fingerprint density at radius 3 is 2.95 bits per heavy atom. The third-order valence-electron chi connectivity index (χ3n) is 3.45. The lowest BCUT2D eigenvalue weighted by atomic mass is 10.2. The highest BCUT2D eigenvalue weighted by Gasteiger charge is 2.20. The number of carbonyl (C=O) groups excluding carboxylic acids is 1. The Morgan fingerprint density at radius 2 is 2.30 bits per heavy atom. The summed E-state index contributed by atoms with van der Waals surface area (Å²) in [7, 11) is 0. The third-order valence-corrected chi connectivity index (χ3v) is 4.12. The van der Waals surface area contributed by atoms with Crippen LogP contribution in [0.5, 0.6) is 0 Å². The van der Waals surface area contributed by atoms with Crippen molar-refractivity contribution >= 4 is 46.6 Å². The topological polar surface area (TPSA) is 44.4 Å². The van der Waals surface area contributed by atoms with Gasteiger partial charge >= 0.3 is 0 Å². The van der Waals surface area contributed by atoms with Crippen molar-refractivity contribution in [3.05, 3.63) is 27.3 Å². The predicted octanol–water partition coefficient (Wildman–Crippen LogP) is 2.25. The molecule has 6 heteroatoms. The summed E-state index contributed by atoms with van der Waals surface area (Å²) in [5, 5.41) is 6.33. The predicted molar refractivity (Wildman–Crippen MR) is 93.7 cm³/mol. The summed E-state index contributed by atoms with van der Waals surface area (Å²) in [6.07, 6.45) is 0. The molecule has 0 aliphatic carbocycles. The number of carbonyl (C=O) groups is 1. The third kappa shape index (κ3) is 4.87. The molecule has 4 nitrogen and oxygen atoms in total. The molecule has 0 aromatic heterocycles. The van der Waals surface area contributed by atoms with Crippen molar-refractivity contribution in [2.75, 3.05) is 31.5 Å². The number of nitrogens with zero attached hydrogens (tertiary/aromatic N) is 1. The first-order valence-corrected chi connectivity index (χ1v) is 7.65. The molecule has 1 amide bonds. The minimum atomic E-state index is 0. The zero-order valence-electron chi connectivity index (χ0n) is 11.8. The summed E-state index contributed by atoms with van der Waals surface area (Å²) in [6, 6.07) is 6.47. The largest absolute Gasteiger partial charge is 0.325 e. The Kier molecular flexibility index (Phi) is 7.22. The lowest BCUT2D eigenvalue weighted by molar-refractivity contribution is -0.118. The average molecular weight is 410 g/mol. The van der Waals surface area contributed by atoms with E-state index >= 15 is 0 Å². The van der Waals surface area contributed by atoms with Crippen molar-refractivity contribution in [2.45, 2.75) is 19.9 Å². The highest BCUT2D eigenvalue weighted by Crippen LogP contribution is 2.17. The van der Waals surface area contributed by atoms with E-state index in [2.05, 4.69) is 51.1 Å². The molecular formula is C14H21ClIN3O. The van der Waals surface area contributed by atoms with E-state index < -0.39 is 0 Å². The van der Waals surface area contributed by atoms with Gasteiger partial charge < -0.3 is 10.6 Å². The minimum Gasteiger partial charge on any atom is -0.325 e. The van der Waals surface area contributed by atoms with Crippen molar-refractivity contribution in [3.63, 3.8) is 0 Å². The van der Waals surface area contributed by atoms with Gasteiger partial charge in [0.05, 0.1) is 6.54 Å². The molecule has 1 aromatic rings. The van der Waals surface area contributed by atoms with Crippen LogP contribution in [0.25, 0.3) is 0 Å². The van der Waals surface area contributed by atoms with Crippen LogP contribution >= 0.6 is 35.0 Å². The molecule has 1 aliphatic heterocycles. The van der Waals surface area contributed by atoms with E-state index in [1.165, 1.54) is 3.57 Å². The molecule has 0 saturated carbocycles. The number of rotatable bonds is 3. The molecule has 112 valence electrons. The molecule has 1 fully saturated rings. The molecule has 2 rings (SSSR count). The highest BCUT2D eigenvalue weighted by molar-refractivity contribution is 14.1. The summed E-state index contributed by atoms with van der Waals surface area (Å²) in [6.45, 7) is 7.48. The van der Waals surface area contributed by atoms with Crippen LogP contribution in [-0.4, -0.2) is 43.0 Å². The summed E-state index contributed by atoms with van der Waals surface area (Å²) in [4.78, 5) is 14.3. The van der Waals surface area contributed by atoms with E-state index in [4.69, 9.17) is 0 Å². The van der Waals surface area contributed by atoms with Crippen LogP contribution in [0, 0.1) is 10.5 Å². The molecule has 1 saturated heterocycles. The second-order valence-corrected chi connectivity index (χ2v) is 6.28. The van der Waals surface area contributed by atoms with Crippen molar-refractivity contribution in [2.24, 2.45) is 0 Å². The number of hydrogen-bond acceptors (Lipinski definition) is 3. The normalized spacial score (nSPS) is 19.2. The maximum atomic E-state index is 12.1. The Morgan fingerprint density at radius 1 is 1.55 bits per heavy atom. The van der Waals surface area contributed by atoms with Gasteiger partial charge in [0.1, 0.15) is 0 Å². The van der Waals surface area contributed by atoms with Gasteiger partial charge in [-0.25, -0.2) is 0 Å². The van der Waals surface area contributed by atoms with Gasteiger partial charge in [-0.05, 0) is 60.2 Å². The number of nitrogens with one attached hydrogen (secondary N) is 2. The molecule has 0 bridgehead atoms. The standard InChI is InChI=1S/C14H20IN3O.ClH/c1-10-7-12(15)3-4-13(10)17-14(19)9-18-6-5-16-8-11(18)2;/h3-4,7,11,16H,5-6,8-9H2,1-2H3,(H,17,19);1H/t11-;/m1./s1. The molecule has 1 aliphatic rings. The number of aryl methyl sites for hydroxylation is 1. The van der Waals surface area contributed by atoms with E-state index in [0.29, 0.717) is 12.6 Å². The fourth-order valence-corrected chi connectivity index (χ4v) is 2.91. The van der Waals surface area contributed by atoms with Gasteiger partial charge in [0.25, 0.3) is 0 Å². The fourth-order valence-electron chi connectivity index (χ4n) is 2.26. The Labute approximate surface area is 140 Å². The Balaban J connectivity index is 0.00000200. The molecule has 1 heterocycles. The van der Waals surface area contributed by atoms with E-state index in [9.17, 15) is 4.79 Å². The van der Waals surface area contributed by atoms with E-state index in [1.54, 1.807) is 0 Å². The molecule has 0 spiro atoms. The average Bonchev–Trinajstić information content (AvgIpc) is 2.36. The van der Waals surface area contributed by atoms with Crippen LogP contribution in [-0.2, 0) is 4.79 Å². The van der Waals surface area contributed by atoms with Crippen LogP contribution in [0.1, 0.15) is 12.5 Å². The minimum absolute atomic E-state index is 0. The van der Waals surface area contributed by atoms with Gasteiger partial charge in [-0.2, -0.15) is 0 Å². The second-order valence-electron chi connectivity index (χ2n) is 5.03. The van der Waals surface area contributed by atoms with Crippen LogP contribution < -0.4 is 10.6 Å². The first-order chi connectivity index (χ1) is 9.06. The van der Waals surface area contributed by atoms with Crippen LogP contribution in [0.2, 0.25) is 0 Å². The maximum Gasteiger partial charge on any atom is 0.238 e. The lowest BCUT2D eigenvalue weighted by Gasteiger charge is -2.33. The van der Waals surface area contributed by atoms with E-state index in [0.717, 1.165) is 30.9 Å². The number of piperazine rings is 1. The van der Waals surface area contributed by atoms with Gasteiger partial charge in [-0.15, -0.1) is 12.4 Å². The number of benzene rings is 1. The highest BCUT2D eigenvalue weighted by atomic mass is 127. The van der Waals surface area contributed by atoms with E-state index in [1.807, 2.05) is 19.1 Å². The number of amides is 1. The van der Waals surface area contributed by atoms with Crippen molar-refractivity contribution in [3.8, 4) is 0 Å². The maximum absolute atomic E-state index is 12.1. The number of hydrogen-bond donors (Lipinski definition) is 2. The van der Waals surface area contributed by atoms with Crippen molar-refractivity contribution in [1.29, 1.82) is 0 Å². The van der Waals surface area contributed by atoms with Gasteiger partial charge in [0.15, 0.2) is 0 Å². The number of halogens is 2. The van der Waals surface area contributed by atoms with Gasteiger partial charge in [0.2, 0.25) is 5.91 Å². The Hall–Kier alpha value is -0.370. The summed E-state index contributed by atoms with van der Waals surface area (Å²) in [5.74, 6) is 0.0676. The zero-order valence-corrected chi connectivity index (χ0v) is 14.8. The summed E-state index contributed by atoms with van der Waals surface area (Å²) < 4.78 is 1.18. The molecule has 0 radical (unpaired) electrons. The van der Waals surface area contributed by atoms with Crippen LogP contribution in [0.15, 0.2) is 18.2 Å². The first-order valence-electron chi connectivity index (χ1n) is 6.57. The molecule has 1 aromatic carbocycles. The number of anilines is 1. The van der Waals surface area contributed by atoms with Crippen molar-refractivity contribution < 1.29 is 4.79 Å². The van der Waals surface area contributed by atoms with Gasteiger partial charge in [-0.1, -0.05) is 0 Å². The monoisotopic (exact) mass is 409 g/mol. The molecular weight excluding hydrogens is 389 g/mol. The molecule has 1 atom stereocenters. The molecule has 2 N–H and O–H groups in total. The summed E-state index contributed by atoms with van der Waals surface area (Å²) in [5.41, 5.74) is 2.02. The van der Waals surface area contributed by atoms with Gasteiger partial charge in [0, 0.05) is 34.9 Å². The lowest BCUT2D eigenvalue weighted by Crippen LogP contribution is -2.52. The van der Waals surface area contributed by atoms with E-state index in [-0.39, 0.29) is 18.3 Å². The van der Waals surface area contributed by atoms with Crippen LogP contribution in [0.3, 0.4) is 0 Å². The van der Waals surface area contributed by atoms with Crippen LogP contribution in [0.4, 0.5) is 5.69 Å². The Bertz CT molecular complexity index is 470. The summed E-state index contributed by atoms with van der Waals surface area (Å²) >= 11 is 2.28.